The monoisotopic (exact) mass is 565 g/mol. The van der Waals surface area contributed by atoms with E-state index in [-0.39, 0.29) is 12.8 Å². The van der Waals surface area contributed by atoms with Crippen molar-refractivity contribution in [2.24, 2.45) is 5.73 Å². The van der Waals surface area contributed by atoms with Gasteiger partial charge >= 0.3 is 12.1 Å². The number of amides is 4. The summed E-state index contributed by atoms with van der Waals surface area (Å²) in [5.74, 6) is -3.75. The van der Waals surface area contributed by atoms with E-state index in [2.05, 4.69) is 20.9 Å². The number of hydrogen-bond acceptors (Lipinski definition) is 6. The van der Waals surface area contributed by atoms with E-state index in [4.69, 9.17) is 10.5 Å². The smallest absolute Gasteiger partial charge is 0.408 e. The van der Waals surface area contributed by atoms with E-state index in [0.29, 0.717) is 11.1 Å². The average Bonchev–Trinajstić information content (AvgIpc) is 3.29. The summed E-state index contributed by atoms with van der Waals surface area (Å²) in [6, 6.07) is 12.2. The highest BCUT2D eigenvalue weighted by atomic mass is 16.6. The minimum Gasteiger partial charge on any atom is -0.480 e. The number of primary amides is 1. The van der Waals surface area contributed by atoms with Gasteiger partial charge in [0.15, 0.2) is 0 Å². The van der Waals surface area contributed by atoms with Crippen LogP contribution in [0.2, 0.25) is 0 Å². The fraction of sp³-hybridized carbons (Fsp3) is 0.345. The molecule has 0 aliphatic rings. The number of hydrogen-bond donors (Lipinski definition) is 6. The maximum absolute atomic E-state index is 13.4. The Bertz CT molecular complexity index is 1400. The molecule has 3 aromatic rings. The van der Waals surface area contributed by atoms with Crippen LogP contribution in [0, 0.1) is 0 Å². The van der Waals surface area contributed by atoms with Crippen molar-refractivity contribution in [2.75, 3.05) is 0 Å². The van der Waals surface area contributed by atoms with Gasteiger partial charge < -0.3 is 36.5 Å². The van der Waals surface area contributed by atoms with E-state index in [1.54, 1.807) is 57.3 Å². The zero-order chi connectivity index (χ0) is 30.2. The van der Waals surface area contributed by atoms with Crippen LogP contribution in [0.4, 0.5) is 4.79 Å². The molecule has 3 rings (SSSR count). The lowest BCUT2D eigenvalue weighted by Crippen LogP contribution is -2.57. The Morgan fingerprint density at radius 3 is 2.10 bits per heavy atom. The Hall–Kier alpha value is -4.87. The largest absolute Gasteiger partial charge is 0.480 e. The van der Waals surface area contributed by atoms with Gasteiger partial charge in [-0.1, -0.05) is 48.5 Å². The van der Waals surface area contributed by atoms with E-state index >= 15 is 0 Å². The molecule has 0 radical (unpaired) electrons. The molecule has 0 unspecified atom stereocenters. The Labute approximate surface area is 237 Å². The second-order valence-corrected chi connectivity index (χ2v) is 10.6. The van der Waals surface area contributed by atoms with E-state index in [1.165, 1.54) is 0 Å². The number of fused-ring (bicyclic) bond motifs is 1. The fourth-order valence-corrected chi connectivity index (χ4v) is 4.18. The number of alkyl carbamates (subject to hydrolysis) is 1. The molecule has 0 bridgehead atoms. The highest BCUT2D eigenvalue weighted by Gasteiger charge is 2.32. The predicted octanol–water partition coefficient (Wildman–Crippen LogP) is 1.78. The fourth-order valence-electron chi connectivity index (χ4n) is 4.18. The minimum atomic E-state index is -1.44. The first kappa shape index (κ1) is 30.7. The number of aliphatic carboxylic acids is 1. The number of carbonyl (C=O) groups excluding carboxylic acids is 4. The quantitative estimate of drug-likeness (QED) is 0.193. The van der Waals surface area contributed by atoms with Gasteiger partial charge in [0.1, 0.15) is 23.7 Å². The van der Waals surface area contributed by atoms with Crippen molar-refractivity contribution in [1.29, 1.82) is 0 Å². The number of carbonyl (C=O) groups is 5. The summed E-state index contributed by atoms with van der Waals surface area (Å²) in [5.41, 5.74) is 6.62. The van der Waals surface area contributed by atoms with Crippen LogP contribution in [0.25, 0.3) is 10.9 Å². The molecule has 7 N–H and O–H groups in total. The summed E-state index contributed by atoms with van der Waals surface area (Å²) in [6.07, 6.45) is 0.179. The maximum Gasteiger partial charge on any atom is 0.408 e. The highest BCUT2D eigenvalue weighted by Crippen LogP contribution is 2.19. The third kappa shape index (κ3) is 9.38. The molecule has 2 aromatic carbocycles. The number of carboxylic acids is 1. The van der Waals surface area contributed by atoms with Crippen molar-refractivity contribution in [3.8, 4) is 0 Å². The first-order valence-corrected chi connectivity index (χ1v) is 13.0. The summed E-state index contributed by atoms with van der Waals surface area (Å²) in [6.45, 7) is 4.89. The molecule has 0 aliphatic heterocycles. The van der Waals surface area contributed by atoms with Crippen LogP contribution in [0.1, 0.15) is 38.3 Å². The van der Waals surface area contributed by atoms with Crippen molar-refractivity contribution in [2.45, 2.75) is 63.8 Å². The van der Waals surface area contributed by atoms with Crippen molar-refractivity contribution in [3.63, 3.8) is 0 Å². The lowest BCUT2D eigenvalue weighted by molar-refractivity contribution is -0.142. The van der Waals surface area contributed by atoms with Crippen LogP contribution in [0.15, 0.2) is 60.8 Å². The molecular weight excluding hydrogens is 530 g/mol. The van der Waals surface area contributed by atoms with Gasteiger partial charge in [0.2, 0.25) is 17.7 Å². The number of benzene rings is 2. The number of aromatic nitrogens is 1. The van der Waals surface area contributed by atoms with Gasteiger partial charge in [-0.2, -0.15) is 0 Å². The first-order valence-electron chi connectivity index (χ1n) is 13.0. The maximum atomic E-state index is 13.4. The van der Waals surface area contributed by atoms with E-state index in [9.17, 15) is 29.1 Å². The summed E-state index contributed by atoms with van der Waals surface area (Å²) in [5, 5.41) is 18.1. The molecule has 12 heteroatoms. The third-order valence-electron chi connectivity index (χ3n) is 6.04. The SMILES string of the molecule is CC(C)(C)OC(=O)N[C@@H](CC(N)=O)C(=O)N[C@H](Cc1ccccc1)C(=O)N[C@@H](Cc1c[nH]c2ccccc12)C(=O)O. The number of aromatic amines is 1. The number of carboxylic acid groups (broad SMARTS) is 1. The summed E-state index contributed by atoms with van der Waals surface area (Å²) in [7, 11) is 0. The topological polar surface area (TPSA) is 193 Å². The normalized spacial score (nSPS) is 13.4. The number of nitrogens with two attached hydrogens (primary N) is 1. The highest BCUT2D eigenvalue weighted by molar-refractivity contribution is 5.95. The van der Waals surface area contributed by atoms with E-state index < -0.39 is 59.9 Å². The van der Waals surface area contributed by atoms with Gasteiger partial charge in [-0.15, -0.1) is 0 Å². The van der Waals surface area contributed by atoms with Gasteiger partial charge in [0, 0.05) is 29.9 Å². The molecule has 0 aliphatic carbocycles. The molecule has 218 valence electrons. The number of para-hydroxylation sites is 1. The molecule has 41 heavy (non-hydrogen) atoms. The van der Waals surface area contributed by atoms with Crippen LogP contribution in [-0.2, 0) is 36.8 Å². The lowest BCUT2D eigenvalue weighted by atomic mass is 10.0. The van der Waals surface area contributed by atoms with Crippen LogP contribution in [0.5, 0.6) is 0 Å². The molecule has 3 atom stereocenters. The summed E-state index contributed by atoms with van der Waals surface area (Å²) >= 11 is 0. The molecule has 12 nitrogen and oxygen atoms in total. The second kappa shape index (κ2) is 13.5. The Morgan fingerprint density at radius 2 is 1.46 bits per heavy atom. The van der Waals surface area contributed by atoms with Crippen LogP contribution < -0.4 is 21.7 Å². The molecule has 0 spiro atoms. The standard InChI is InChI=1S/C29H35N5O7/c1-29(2,3)41-28(40)34-22(15-24(30)35)26(37)32-21(13-17-9-5-4-6-10-17)25(36)33-23(27(38)39)14-18-16-31-20-12-8-7-11-19(18)20/h4-12,16,21-23,31H,13-15H2,1-3H3,(H2,30,35)(H,32,37)(H,33,36)(H,34,40)(H,38,39)/t21-,22+,23+/m1/s1. The van der Waals surface area contributed by atoms with Crippen LogP contribution in [-0.4, -0.2) is 63.6 Å². The van der Waals surface area contributed by atoms with E-state index in [0.717, 1.165) is 10.9 Å². The van der Waals surface area contributed by atoms with Gasteiger partial charge in [-0.25, -0.2) is 9.59 Å². The third-order valence-corrected chi connectivity index (χ3v) is 6.04. The molecule has 1 heterocycles. The van der Waals surface area contributed by atoms with Crippen LogP contribution in [0.3, 0.4) is 0 Å². The van der Waals surface area contributed by atoms with Crippen molar-refractivity contribution >= 4 is 40.7 Å². The Kier molecular flexibility index (Phi) is 10.1. The van der Waals surface area contributed by atoms with Gasteiger partial charge in [-0.3, -0.25) is 14.4 Å². The van der Waals surface area contributed by atoms with Crippen molar-refractivity contribution in [1.82, 2.24) is 20.9 Å². The molecule has 4 amide bonds. The lowest BCUT2D eigenvalue weighted by Gasteiger charge is -2.25. The molecule has 0 saturated carbocycles. The Morgan fingerprint density at radius 1 is 0.854 bits per heavy atom. The number of nitrogens with one attached hydrogen (secondary N) is 4. The van der Waals surface area contributed by atoms with Crippen LogP contribution >= 0.6 is 0 Å². The van der Waals surface area contributed by atoms with Gasteiger partial charge in [-0.05, 0) is 38.0 Å². The van der Waals surface area contributed by atoms with Crippen molar-refractivity contribution < 1.29 is 33.8 Å². The van der Waals surface area contributed by atoms with Gasteiger partial charge in [0.05, 0.1) is 6.42 Å². The van der Waals surface area contributed by atoms with Gasteiger partial charge in [0.25, 0.3) is 0 Å². The molecule has 0 fully saturated rings. The number of ether oxygens (including phenoxy) is 1. The summed E-state index contributed by atoms with van der Waals surface area (Å²) < 4.78 is 5.18. The zero-order valence-electron chi connectivity index (χ0n) is 23.1. The van der Waals surface area contributed by atoms with Crippen molar-refractivity contribution in [3.05, 3.63) is 71.9 Å². The Balaban J connectivity index is 1.81. The molecule has 1 aromatic heterocycles. The summed E-state index contributed by atoms with van der Waals surface area (Å²) in [4.78, 5) is 65.9. The van der Waals surface area contributed by atoms with E-state index in [1.807, 2.05) is 24.3 Å². The average molecular weight is 566 g/mol. The minimum absolute atomic E-state index is 0.00751. The zero-order valence-corrected chi connectivity index (χ0v) is 23.1. The number of rotatable bonds is 12. The number of H-pyrrole nitrogens is 1. The second-order valence-electron chi connectivity index (χ2n) is 10.6. The molecular formula is C29H35N5O7. The predicted molar refractivity (Wildman–Crippen MR) is 151 cm³/mol. The first-order chi connectivity index (χ1) is 19.3. The molecule has 0 saturated heterocycles.